The molecule has 0 saturated carbocycles. The van der Waals surface area contributed by atoms with Crippen molar-refractivity contribution in [1.82, 2.24) is 4.57 Å². The fourth-order valence-electron chi connectivity index (χ4n) is 3.50. The van der Waals surface area contributed by atoms with Gasteiger partial charge in [-0.1, -0.05) is 29.3 Å². The predicted octanol–water partition coefficient (Wildman–Crippen LogP) is 6.76. The van der Waals surface area contributed by atoms with Crippen molar-refractivity contribution in [2.45, 2.75) is 39.8 Å². The summed E-state index contributed by atoms with van der Waals surface area (Å²) in [7, 11) is 1.63. The third kappa shape index (κ3) is 4.83. The van der Waals surface area contributed by atoms with Crippen LogP contribution in [0.25, 0.3) is 10.9 Å². The van der Waals surface area contributed by atoms with E-state index >= 15 is 0 Å². The second-order valence-corrected chi connectivity index (χ2v) is 8.68. The summed E-state index contributed by atoms with van der Waals surface area (Å²) in [6, 6.07) is 11.9. The van der Waals surface area contributed by atoms with E-state index in [0.29, 0.717) is 24.5 Å². The molecule has 0 atom stereocenters. The summed E-state index contributed by atoms with van der Waals surface area (Å²) < 4.78 is 15.0. The Bertz CT molecular complexity index is 1030. The van der Waals surface area contributed by atoms with Gasteiger partial charge < -0.3 is 19.4 Å². The van der Waals surface area contributed by atoms with Crippen LogP contribution in [0.15, 0.2) is 45.3 Å². The number of methoxy groups -OCH3 is 1. The number of hydrogen-bond donors (Lipinski definition) is 1. The number of nitrogens with one attached hydrogen (secondary N) is 1. The van der Waals surface area contributed by atoms with Crippen LogP contribution in [0.2, 0.25) is 0 Å². The van der Waals surface area contributed by atoms with Crippen LogP contribution in [0.5, 0.6) is 5.75 Å². The highest BCUT2D eigenvalue weighted by Gasteiger charge is 2.24. The monoisotopic (exact) mass is 536 g/mol. The number of anilines is 1. The van der Waals surface area contributed by atoms with Gasteiger partial charge in [-0.3, -0.25) is 0 Å². The molecule has 0 amide bonds. The van der Waals surface area contributed by atoms with Gasteiger partial charge in [0.15, 0.2) is 0 Å². The van der Waals surface area contributed by atoms with Gasteiger partial charge in [0, 0.05) is 22.1 Å². The average molecular weight is 538 g/mol. The first-order valence-corrected chi connectivity index (χ1v) is 11.6. The zero-order valence-corrected chi connectivity index (χ0v) is 20.6. The first-order chi connectivity index (χ1) is 14.5. The van der Waals surface area contributed by atoms with Crippen LogP contribution >= 0.6 is 31.9 Å². The smallest absolute Gasteiger partial charge is 0.340 e. The molecule has 1 aromatic heterocycles. The maximum absolute atomic E-state index is 13.0. The van der Waals surface area contributed by atoms with Crippen LogP contribution < -0.4 is 10.1 Å². The molecule has 0 saturated heterocycles. The van der Waals surface area contributed by atoms with Crippen LogP contribution in [-0.4, -0.2) is 24.3 Å². The third-order valence-corrected chi connectivity index (χ3v) is 6.11. The van der Waals surface area contributed by atoms with E-state index in [-0.39, 0.29) is 5.97 Å². The minimum atomic E-state index is -0.310. The lowest BCUT2D eigenvalue weighted by molar-refractivity contribution is 0.0527. The molecule has 3 aromatic rings. The number of unbranched alkanes of at least 4 members (excludes halogenated alkanes) is 1. The SMILES string of the molecule is CCCCn1c(CNc2ccc(Br)cc2)c(C(=O)OCC)c2cc(OC)c(Br)cc21. The Morgan fingerprint density at radius 3 is 2.50 bits per heavy atom. The molecule has 160 valence electrons. The Morgan fingerprint density at radius 2 is 1.87 bits per heavy atom. The lowest BCUT2D eigenvalue weighted by Gasteiger charge is -2.14. The van der Waals surface area contributed by atoms with Crippen LogP contribution in [0.3, 0.4) is 0 Å². The average Bonchev–Trinajstić information content (AvgIpc) is 3.03. The van der Waals surface area contributed by atoms with Gasteiger partial charge in [-0.25, -0.2) is 4.79 Å². The molecule has 0 aliphatic carbocycles. The van der Waals surface area contributed by atoms with Crippen molar-refractivity contribution in [1.29, 1.82) is 0 Å². The van der Waals surface area contributed by atoms with E-state index in [1.54, 1.807) is 7.11 Å². The van der Waals surface area contributed by atoms with E-state index in [0.717, 1.165) is 50.6 Å². The Balaban J connectivity index is 2.15. The molecule has 0 fully saturated rings. The largest absolute Gasteiger partial charge is 0.496 e. The zero-order chi connectivity index (χ0) is 21.7. The summed E-state index contributed by atoms with van der Waals surface area (Å²) >= 11 is 7.05. The molecule has 7 heteroatoms. The molecule has 0 spiro atoms. The second kappa shape index (κ2) is 10.4. The Labute approximate surface area is 194 Å². The maximum atomic E-state index is 13.0. The molecule has 0 aliphatic heterocycles. The molecule has 5 nitrogen and oxygen atoms in total. The lowest BCUT2D eigenvalue weighted by Crippen LogP contribution is -2.14. The van der Waals surface area contributed by atoms with Crippen molar-refractivity contribution < 1.29 is 14.3 Å². The number of esters is 1. The molecule has 1 N–H and O–H groups in total. The van der Waals surface area contributed by atoms with Crippen molar-refractivity contribution >= 4 is 54.4 Å². The number of fused-ring (bicyclic) bond motifs is 1. The van der Waals surface area contributed by atoms with E-state index in [1.165, 1.54) is 0 Å². The van der Waals surface area contributed by atoms with Gasteiger partial charge >= 0.3 is 5.97 Å². The zero-order valence-electron chi connectivity index (χ0n) is 17.4. The number of benzene rings is 2. The predicted molar refractivity (Wildman–Crippen MR) is 129 cm³/mol. The number of rotatable bonds is 9. The van der Waals surface area contributed by atoms with Gasteiger partial charge in [-0.05, 0) is 65.7 Å². The second-order valence-electron chi connectivity index (χ2n) is 6.91. The highest BCUT2D eigenvalue weighted by molar-refractivity contribution is 9.10. The maximum Gasteiger partial charge on any atom is 0.340 e. The van der Waals surface area contributed by atoms with Crippen LogP contribution in [0.4, 0.5) is 5.69 Å². The van der Waals surface area contributed by atoms with Crippen LogP contribution in [0, 0.1) is 0 Å². The molecule has 0 unspecified atom stereocenters. The molecule has 0 radical (unpaired) electrons. The van der Waals surface area contributed by atoms with Crippen LogP contribution in [-0.2, 0) is 17.8 Å². The van der Waals surface area contributed by atoms with E-state index < -0.39 is 0 Å². The van der Waals surface area contributed by atoms with Crippen molar-refractivity contribution in [3.05, 3.63) is 56.6 Å². The van der Waals surface area contributed by atoms with Gasteiger partial charge in [-0.15, -0.1) is 0 Å². The number of nitrogens with zero attached hydrogens (tertiary/aromatic N) is 1. The number of aromatic nitrogens is 1. The van der Waals surface area contributed by atoms with Gasteiger partial charge in [0.05, 0.1) is 41.5 Å². The van der Waals surface area contributed by atoms with Crippen molar-refractivity contribution in [3.63, 3.8) is 0 Å². The standard InChI is InChI=1S/C23H26Br2N2O3/c1-4-6-11-27-19-13-18(25)21(29-3)12-17(19)22(23(28)30-5-2)20(27)14-26-16-9-7-15(24)8-10-16/h7-10,12-13,26H,4-6,11,14H2,1-3H3. The van der Waals surface area contributed by atoms with Gasteiger partial charge in [0.2, 0.25) is 0 Å². The Kier molecular flexibility index (Phi) is 7.83. The first kappa shape index (κ1) is 22.7. The summed E-state index contributed by atoms with van der Waals surface area (Å²) in [4.78, 5) is 13.0. The van der Waals surface area contributed by atoms with E-state index in [9.17, 15) is 4.79 Å². The van der Waals surface area contributed by atoms with Crippen molar-refractivity contribution in [2.24, 2.45) is 0 Å². The van der Waals surface area contributed by atoms with Crippen LogP contribution in [0.1, 0.15) is 42.7 Å². The summed E-state index contributed by atoms with van der Waals surface area (Å²) in [6.45, 7) is 5.64. The highest BCUT2D eigenvalue weighted by atomic mass is 79.9. The molecule has 30 heavy (non-hydrogen) atoms. The highest BCUT2D eigenvalue weighted by Crippen LogP contribution is 2.36. The number of aryl methyl sites for hydroxylation is 1. The summed E-state index contributed by atoms with van der Waals surface area (Å²) in [6.07, 6.45) is 2.08. The Morgan fingerprint density at radius 1 is 1.13 bits per heavy atom. The van der Waals surface area contributed by atoms with Crippen molar-refractivity contribution in [2.75, 3.05) is 19.0 Å². The van der Waals surface area contributed by atoms with Gasteiger partial charge in [0.1, 0.15) is 5.75 Å². The Hall–Kier alpha value is -1.99. The fourth-order valence-corrected chi connectivity index (χ4v) is 4.26. The molecule has 2 aromatic carbocycles. The lowest BCUT2D eigenvalue weighted by atomic mass is 10.1. The molecule has 1 heterocycles. The minimum Gasteiger partial charge on any atom is -0.496 e. The van der Waals surface area contributed by atoms with E-state index in [4.69, 9.17) is 9.47 Å². The third-order valence-electron chi connectivity index (χ3n) is 4.96. The summed E-state index contributed by atoms with van der Waals surface area (Å²) in [5, 5.41) is 4.30. The number of carbonyl (C=O) groups excluding carboxylic acids is 1. The van der Waals surface area contributed by atoms with E-state index in [1.807, 2.05) is 43.3 Å². The normalized spacial score (nSPS) is 11.0. The van der Waals surface area contributed by atoms with E-state index in [2.05, 4.69) is 48.7 Å². The molecule has 0 bridgehead atoms. The van der Waals surface area contributed by atoms with Crippen molar-refractivity contribution in [3.8, 4) is 5.75 Å². The number of ether oxygens (including phenoxy) is 2. The minimum absolute atomic E-state index is 0.310. The molecular formula is C23H26Br2N2O3. The number of hydrogen-bond acceptors (Lipinski definition) is 4. The number of halogens is 2. The molecule has 0 aliphatic rings. The summed E-state index contributed by atoms with van der Waals surface area (Å²) in [5.74, 6) is 0.378. The number of carbonyl (C=O) groups is 1. The fraction of sp³-hybridized carbons (Fsp3) is 0.348. The topological polar surface area (TPSA) is 52.5 Å². The molecule has 3 rings (SSSR count). The van der Waals surface area contributed by atoms with Gasteiger partial charge in [0.25, 0.3) is 0 Å². The first-order valence-electron chi connectivity index (χ1n) is 10.0. The van der Waals surface area contributed by atoms with Gasteiger partial charge in [-0.2, -0.15) is 0 Å². The quantitative estimate of drug-likeness (QED) is 0.306. The summed E-state index contributed by atoms with van der Waals surface area (Å²) in [5.41, 5.74) is 3.49. The molecular weight excluding hydrogens is 512 g/mol.